The molecule has 0 bridgehead atoms. The zero-order chi connectivity index (χ0) is 23.7. The summed E-state index contributed by atoms with van der Waals surface area (Å²) < 4.78 is 7.77. The summed E-state index contributed by atoms with van der Waals surface area (Å²) in [6.07, 6.45) is 3.78. The first-order valence-corrected chi connectivity index (χ1v) is 12.3. The van der Waals surface area contributed by atoms with Crippen molar-refractivity contribution in [3.05, 3.63) is 77.0 Å². The van der Waals surface area contributed by atoms with E-state index in [0.717, 1.165) is 67.3 Å². The Morgan fingerprint density at radius 1 is 1.06 bits per heavy atom. The summed E-state index contributed by atoms with van der Waals surface area (Å²) in [6.45, 7) is 11.7. The van der Waals surface area contributed by atoms with Gasteiger partial charge < -0.3 is 19.5 Å². The Labute approximate surface area is 206 Å². The Balaban J connectivity index is 1.52. The molecule has 0 spiro atoms. The SMILES string of the molecule is Cc1ccc(-n2c(C)cc([C@@H]3[C@H](c4ccccn4)NC(=S)N3CCN3CCOCC3)c2C)nc1. The van der Waals surface area contributed by atoms with Crippen molar-refractivity contribution in [2.45, 2.75) is 32.9 Å². The van der Waals surface area contributed by atoms with Crippen LogP contribution >= 0.6 is 12.2 Å². The van der Waals surface area contributed by atoms with Crippen LogP contribution in [0.1, 0.15) is 40.3 Å². The molecular formula is C26H32N6OS. The number of aromatic nitrogens is 3. The lowest BCUT2D eigenvalue weighted by Gasteiger charge is -2.32. The van der Waals surface area contributed by atoms with Gasteiger partial charge in [-0.2, -0.15) is 0 Å². The van der Waals surface area contributed by atoms with Crippen molar-refractivity contribution in [3.63, 3.8) is 0 Å². The Hall–Kier alpha value is -2.81. The van der Waals surface area contributed by atoms with Gasteiger partial charge in [-0.1, -0.05) is 12.1 Å². The molecule has 2 atom stereocenters. The van der Waals surface area contributed by atoms with E-state index in [1.165, 1.54) is 11.3 Å². The quantitative estimate of drug-likeness (QED) is 0.547. The molecule has 2 fully saturated rings. The highest BCUT2D eigenvalue weighted by molar-refractivity contribution is 7.80. The third-order valence-electron chi connectivity index (χ3n) is 6.87. The highest BCUT2D eigenvalue weighted by atomic mass is 32.1. The normalized spacial score (nSPS) is 21.1. The highest BCUT2D eigenvalue weighted by Crippen LogP contribution is 2.41. The molecule has 0 aromatic carbocycles. The van der Waals surface area contributed by atoms with Crippen molar-refractivity contribution in [1.29, 1.82) is 0 Å². The van der Waals surface area contributed by atoms with Gasteiger partial charge in [-0.05, 0) is 68.4 Å². The molecule has 7 nitrogen and oxygen atoms in total. The van der Waals surface area contributed by atoms with E-state index in [2.05, 4.69) is 69.7 Å². The minimum Gasteiger partial charge on any atom is -0.379 e. The summed E-state index contributed by atoms with van der Waals surface area (Å²) in [6, 6.07) is 12.6. The van der Waals surface area contributed by atoms with Crippen LogP contribution in [0.2, 0.25) is 0 Å². The van der Waals surface area contributed by atoms with E-state index < -0.39 is 0 Å². The maximum atomic E-state index is 5.88. The number of nitrogens with zero attached hydrogens (tertiary/aromatic N) is 5. The fourth-order valence-electron chi connectivity index (χ4n) is 5.09. The van der Waals surface area contributed by atoms with E-state index in [9.17, 15) is 0 Å². The van der Waals surface area contributed by atoms with Crippen LogP contribution in [0.15, 0.2) is 48.8 Å². The van der Waals surface area contributed by atoms with E-state index >= 15 is 0 Å². The van der Waals surface area contributed by atoms with E-state index in [4.69, 9.17) is 21.9 Å². The number of pyridine rings is 2. The van der Waals surface area contributed by atoms with Crippen molar-refractivity contribution in [3.8, 4) is 5.82 Å². The number of ether oxygens (including phenoxy) is 1. The Bertz CT molecular complexity index is 1140. The van der Waals surface area contributed by atoms with Crippen LogP contribution in [0.4, 0.5) is 0 Å². The molecule has 3 aromatic heterocycles. The summed E-state index contributed by atoms with van der Waals surface area (Å²) in [7, 11) is 0. The minimum atomic E-state index is -0.0154. The van der Waals surface area contributed by atoms with Crippen LogP contribution in [0.25, 0.3) is 5.82 Å². The van der Waals surface area contributed by atoms with Crippen molar-refractivity contribution in [2.75, 3.05) is 39.4 Å². The lowest BCUT2D eigenvalue weighted by atomic mass is 9.97. The predicted molar refractivity (Wildman–Crippen MR) is 137 cm³/mol. The lowest BCUT2D eigenvalue weighted by Crippen LogP contribution is -2.42. The predicted octanol–water partition coefficient (Wildman–Crippen LogP) is 3.50. The largest absolute Gasteiger partial charge is 0.379 e. The first-order chi connectivity index (χ1) is 16.5. The van der Waals surface area contributed by atoms with E-state index in [0.29, 0.717) is 0 Å². The zero-order valence-corrected chi connectivity index (χ0v) is 20.9. The maximum absolute atomic E-state index is 5.88. The average Bonchev–Trinajstić information content (AvgIpc) is 3.34. The van der Waals surface area contributed by atoms with Crippen LogP contribution < -0.4 is 5.32 Å². The van der Waals surface area contributed by atoms with Gasteiger partial charge in [-0.25, -0.2) is 4.98 Å². The van der Waals surface area contributed by atoms with Gasteiger partial charge in [0.25, 0.3) is 0 Å². The van der Waals surface area contributed by atoms with Gasteiger partial charge >= 0.3 is 0 Å². The van der Waals surface area contributed by atoms with Crippen molar-refractivity contribution >= 4 is 17.3 Å². The van der Waals surface area contributed by atoms with Crippen LogP contribution in [-0.2, 0) is 4.74 Å². The average molecular weight is 477 g/mol. The summed E-state index contributed by atoms with van der Waals surface area (Å²) in [5, 5.41) is 4.37. The van der Waals surface area contributed by atoms with Gasteiger partial charge in [0.05, 0.1) is 31.0 Å². The molecule has 0 aliphatic carbocycles. The number of morpholine rings is 1. The number of aryl methyl sites for hydroxylation is 2. The molecule has 34 heavy (non-hydrogen) atoms. The summed E-state index contributed by atoms with van der Waals surface area (Å²) in [5.41, 5.74) is 5.75. The van der Waals surface area contributed by atoms with Crippen LogP contribution in [-0.4, -0.2) is 68.8 Å². The molecule has 0 unspecified atom stereocenters. The first kappa shape index (κ1) is 23.0. The molecule has 1 N–H and O–H groups in total. The van der Waals surface area contributed by atoms with Gasteiger partial charge in [0.15, 0.2) is 5.11 Å². The summed E-state index contributed by atoms with van der Waals surface area (Å²) in [5.74, 6) is 0.939. The van der Waals surface area contributed by atoms with Gasteiger partial charge in [0, 0.05) is 50.0 Å². The van der Waals surface area contributed by atoms with Gasteiger partial charge in [0.2, 0.25) is 0 Å². The van der Waals surface area contributed by atoms with Crippen LogP contribution in [0, 0.1) is 20.8 Å². The first-order valence-electron chi connectivity index (χ1n) is 11.9. The number of thiocarbonyl (C=S) groups is 1. The van der Waals surface area contributed by atoms with Crippen LogP contribution in [0.3, 0.4) is 0 Å². The van der Waals surface area contributed by atoms with E-state index in [1.54, 1.807) is 0 Å². The third kappa shape index (κ3) is 4.45. The molecule has 5 rings (SSSR count). The molecule has 178 valence electrons. The monoisotopic (exact) mass is 476 g/mol. The van der Waals surface area contributed by atoms with E-state index in [1.807, 2.05) is 24.5 Å². The zero-order valence-electron chi connectivity index (χ0n) is 20.1. The highest BCUT2D eigenvalue weighted by Gasteiger charge is 2.41. The molecule has 0 radical (unpaired) electrons. The lowest BCUT2D eigenvalue weighted by molar-refractivity contribution is 0.0350. The second kappa shape index (κ2) is 9.82. The second-order valence-corrected chi connectivity index (χ2v) is 9.52. The molecule has 0 saturated carbocycles. The molecule has 2 aliphatic heterocycles. The Morgan fingerprint density at radius 2 is 1.88 bits per heavy atom. The Morgan fingerprint density at radius 3 is 2.59 bits per heavy atom. The number of rotatable bonds is 6. The van der Waals surface area contributed by atoms with E-state index in [-0.39, 0.29) is 12.1 Å². The molecule has 0 amide bonds. The van der Waals surface area contributed by atoms with Gasteiger partial charge in [0.1, 0.15) is 5.82 Å². The molecule has 8 heteroatoms. The minimum absolute atomic E-state index is 0.0154. The number of nitrogens with one attached hydrogen (secondary N) is 1. The summed E-state index contributed by atoms with van der Waals surface area (Å²) in [4.78, 5) is 14.2. The molecule has 5 heterocycles. The number of hydrogen-bond donors (Lipinski definition) is 1. The van der Waals surface area contributed by atoms with Crippen molar-refractivity contribution in [1.82, 2.24) is 29.7 Å². The number of hydrogen-bond acceptors (Lipinski definition) is 5. The second-order valence-electron chi connectivity index (χ2n) is 9.13. The maximum Gasteiger partial charge on any atom is 0.170 e. The fraction of sp³-hybridized carbons (Fsp3) is 0.423. The summed E-state index contributed by atoms with van der Waals surface area (Å²) >= 11 is 5.88. The molecular weight excluding hydrogens is 444 g/mol. The topological polar surface area (TPSA) is 58.5 Å². The molecule has 2 saturated heterocycles. The van der Waals surface area contributed by atoms with Gasteiger partial charge in [-0.3, -0.25) is 9.88 Å². The fourth-order valence-corrected chi connectivity index (χ4v) is 5.42. The Kier molecular flexibility index (Phi) is 6.63. The molecule has 2 aliphatic rings. The van der Waals surface area contributed by atoms with Gasteiger partial charge in [-0.15, -0.1) is 0 Å². The molecule has 3 aromatic rings. The van der Waals surface area contributed by atoms with Crippen LogP contribution in [0.5, 0.6) is 0 Å². The smallest absolute Gasteiger partial charge is 0.170 e. The van der Waals surface area contributed by atoms with Crippen molar-refractivity contribution < 1.29 is 4.74 Å². The third-order valence-corrected chi connectivity index (χ3v) is 7.22. The standard InChI is InChI=1S/C26H32N6OS/c1-18-7-8-23(28-17-18)32-19(2)16-21(20(32)3)25-24(22-6-4-5-9-27-22)29-26(34)31(25)11-10-30-12-14-33-15-13-30/h4-9,16-17,24-25H,10-15H2,1-3H3,(H,29,34)/t24-,25+/m0/s1. The van der Waals surface area contributed by atoms with Crippen molar-refractivity contribution in [2.24, 2.45) is 0 Å².